The zero-order valence-corrected chi connectivity index (χ0v) is 12.9. The average Bonchev–Trinajstić information content (AvgIpc) is 3.13. The summed E-state index contributed by atoms with van der Waals surface area (Å²) in [5.74, 6) is 2.02. The van der Waals surface area contributed by atoms with Gasteiger partial charge in [-0.2, -0.15) is 0 Å². The van der Waals surface area contributed by atoms with Gasteiger partial charge >= 0.3 is 0 Å². The van der Waals surface area contributed by atoms with Crippen molar-refractivity contribution in [3.05, 3.63) is 48.8 Å². The van der Waals surface area contributed by atoms with E-state index in [2.05, 4.69) is 20.2 Å². The van der Waals surface area contributed by atoms with Crippen molar-refractivity contribution >= 4 is 17.8 Å². The van der Waals surface area contributed by atoms with Gasteiger partial charge in [-0.3, -0.25) is 9.78 Å². The molecule has 1 fully saturated rings. The molecular weight excluding hydrogens is 292 g/mol. The second-order valence-corrected chi connectivity index (χ2v) is 5.59. The molecule has 0 atom stereocenters. The van der Waals surface area contributed by atoms with E-state index in [0.29, 0.717) is 18.2 Å². The van der Waals surface area contributed by atoms with Gasteiger partial charge in [0.2, 0.25) is 5.91 Å². The summed E-state index contributed by atoms with van der Waals surface area (Å²) in [5, 5.41) is 2.96. The molecule has 23 heavy (non-hydrogen) atoms. The molecule has 1 aliphatic heterocycles. The number of nitrogens with one attached hydrogen (secondary N) is 1. The van der Waals surface area contributed by atoms with Gasteiger partial charge in [-0.05, 0) is 37.0 Å². The number of hydrogen-bond acceptors (Lipinski definition) is 5. The van der Waals surface area contributed by atoms with Crippen LogP contribution in [0.1, 0.15) is 18.6 Å². The largest absolute Gasteiger partial charge is 0.465 e. The summed E-state index contributed by atoms with van der Waals surface area (Å²) >= 11 is 0. The van der Waals surface area contributed by atoms with E-state index in [-0.39, 0.29) is 5.91 Å². The number of aromatic nitrogens is 2. The van der Waals surface area contributed by atoms with Crippen molar-refractivity contribution in [2.24, 2.45) is 5.92 Å². The number of amides is 1. The Hall–Kier alpha value is -2.63. The van der Waals surface area contributed by atoms with Crippen LogP contribution in [-0.2, 0) is 4.79 Å². The van der Waals surface area contributed by atoms with E-state index in [0.717, 1.165) is 31.7 Å². The molecule has 3 rings (SSSR count). The van der Waals surface area contributed by atoms with E-state index >= 15 is 0 Å². The first-order valence-corrected chi connectivity index (χ1v) is 7.81. The third kappa shape index (κ3) is 4.42. The lowest BCUT2D eigenvalue weighted by Gasteiger charge is -2.32. The molecule has 3 heterocycles. The highest BCUT2D eigenvalue weighted by Crippen LogP contribution is 2.20. The average molecular weight is 312 g/mol. The van der Waals surface area contributed by atoms with Crippen LogP contribution in [0.4, 0.5) is 5.82 Å². The Bertz CT molecular complexity index is 632. The third-order valence-corrected chi connectivity index (χ3v) is 4.00. The second-order valence-electron chi connectivity index (χ2n) is 5.59. The van der Waals surface area contributed by atoms with Crippen molar-refractivity contribution in [1.29, 1.82) is 0 Å². The van der Waals surface area contributed by atoms with Crippen molar-refractivity contribution in [1.82, 2.24) is 15.3 Å². The van der Waals surface area contributed by atoms with E-state index in [1.807, 2.05) is 6.07 Å². The van der Waals surface area contributed by atoms with Crippen LogP contribution < -0.4 is 10.2 Å². The second kappa shape index (κ2) is 7.58. The van der Waals surface area contributed by atoms with Crippen molar-refractivity contribution in [2.75, 3.05) is 24.5 Å². The Morgan fingerprint density at radius 1 is 1.39 bits per heavy atom. The molecule has 2 aromatic rings. The van der Waals surface area contributed by atoms with E-state index in [4.69, 9.17) is 4.42 Å². The summed E-state index contributed by atoms with van der Waals surface area (Å²) in [4.78, 5) is 22.5. The Kier molecular flexibility index (Phi) is 5.03. The van der Waals surface area contributed by atoms with Gasteiger partial charge < -0.3 is 14.6 Å². The van der Waals surface area contributed by atoms with Crippen LogP contribution in [0.5, 0.6) is 0 Å². The molecule has 1 N–H and O–H groups in total. The molecule has 0 unspecified atom stereocenters. The number of piperidine rings is 1. The standard InChI is InChI=1S/C17H20N4O2/c22-17(4-3-15-2-1-11-23-15)20-12-14-5-9-21(10-6-14)16-13-18-7-8-19-16/h1-4,7-8,11,13-14H,5-6,9-10,12H2,(H,20,22)/b4-3+. The molecule has 1 amide bonds. The van der Waals surface area contributed by atoms with Crippen molar-refractivity contribution < 1.29 is 9.21 Å². The van der Waals surface area contributed by atoms with E-state index in [9.17, 15) is 4.79 Å². The number of furan rings is 1. The van der Waals surface area contributed by atoms with Gasteiger partial charge in [0.25, 0.3) is 0 Å². The number of anilines is 1. The maximum atomic E-state index is 11.8. The van der Waals surface area contributed by atoms with Gasteiger partial charge in [-0.1, -0.05) is 0 Å². The summed E-state index contributed by atoms with van der Waals surface area (Å²) in [5.41, 5.74) is 0. The molecule has 0 saturated carbocycles. The van der Waals surface area contributed by atoms with Crippen LogP contribution in [0.25, 0.3) is 6.08 Å². The maximum absolute atomic E-state index is 11.8. The molecule has 6 nitrogen and oxygen atoms in total. The van der Waals surface area contributed by atoms with Gasteiger partial charge in [0.1, 0.15) is 11.6 Å². The Morgan fingerprint density at radius 3 is 2.96 bits per heavy atom. The normalized spacial score (nSPS) is 15.9. The highest BCUT2D eigenvalue weighted by Gasteiger charge is 2.20. The third-order valence-electron chi connectivity index (χ3n) is 4.00. The highest BCUT2D eigenvalue weighted by molar-refractivity contribution is 5.91. The molecule has 0 aliphatic carbocycles. The van der Waals surface area contributed by atoms with Crippen LogP contribution in [0.2, 0.25) is 0 Å². The minimum Gasteiger partial charge on any atom is -0.465 e. The fraction of sp³-hybridized carbons (Fsp3) is 0.353. The monoisotopic (exact) mass is 312 g/mol. The van der Waals surface area contributed by atoms with Crippen LogP contribution in [0, 0.1) is 5.92 Å². The zero-order chi connectivity index (χ0) is 15.9. The molecular formula is C17H20N4O2. The molecule has 0 spiro atoms. The molecule has 0 bridgehead atoms. The number of nitrogens with zero attached hydrogens (tertiary/aromatic N) is 3. The topological polar surface area (TPSA) is 71.3 Å². The van der Waals surface area contributed by atoms with E-state index < -0.39 is 0 Å². The minimum atomic E-state index is -0.0854. The van der Waals surface area contributed by atoms with Crippen LogP contribution in [0.3, 0.4) is 0 Å². The molecule has 1 aliphatic rings. The fourth-order valence-electron chi connectivity index (χ4n) is 2.67. The van der Waals surface area contributed by atoms with Gasteiger partial charge in [-0.15, -0.1) is 0 Å². The number of hydrogen-bond donors (Lipinski definition) is 1. The predicted octanol–water partition coefficient (Wildman–Crippen LogP) is 2.12. The summed E-state index contributed by atoms with van der Waals surface area (Å²) in [6.07, 6.45) is 12.0. The van der Waals surface area contributed by atoms with Gasteiger partial charge in [0.05, 0.1) is 12.5 Å². The van der Waals surface area contributed by atoms with E-state index in [1.165, 1.54) is 6.08 Å². The predicted molar refractivity (Wildman–Crippen MR) is 87.7 cm³/mol. The lowest BCUT2D eigenvalue weighted by Crippen LogP contribution is -2.38. The van der Waals surface area contributed by atoms with Gasteiger partial charge in [0, 0.05) is 38.1 Å². The van der Waals surface area contributed by atoms with Crippen LogP contribution >= 0.6 is 0 Å². The summed E-state index contributed by atoms with van der Waals surface area (Å²) in [7, 11) is 0. The Balaban J connectivity index is 1.40. The summed E-state index contributed by atoms with van der Waals surface area (Å²) in [6, 6.07) is 3.61. The molecule has 0 radical (unpaired) electrons. The zero-order valence-electron chi connectivity index (χ0n) is 12.9. The smallest absolute Gasteiger partial charge is 0.244 e. The summed E-state index contributed by atoms with van der Waals surface area (Å²) in [6.45, 7) is 2.60. The number of carbonyl (C=O) groups is 1. The van der Waals surface area contributed by atoms with Crippen molar-refractivity contribution in [2.45, 2.75) is 12.8 Å². The first-order chi connectivity index (χ1) is 11.3. The van der Waals surface area contributed by atoms with Crippen molar-refractivity contribution in [3.8, 4) is 0 Å². The minimum absolute atomic E-state index is 0.0854. The lowest BCUT2D eigenvalue weighted by atomic mass is 9.97. The SMILES string of the molecule is O=C(/C=C/c1ccco1)NCC1CCN(c2cnccn2)CC1. The van der Waals surface area contributed by atoms with Crippen LogP contribution in [-0.4, -0.2) is 35.5 Å². The lowest BCUT2D eigenvalue weighted by molar-refractivity contribution is -0.116. The Morgan fingerprint density at radius 2 is 2.26 bits per heavy atom. The molecule has 120 valence electrons. The fourth-order valence-corrected chi connectivity index (χ4v) is 2.67. The quantitative estimate of drug-likeness (QED) is 0.856. The molecule has 1 saturated heterocycles. The van der Waals surface area contributed by atoms with E-state index in [1.54, 1.807) is 37.0 Å². The molecule has 0 aromatic carbocycles. The van der Waals surface area contributed by atoms with Crippen molar-refractivity contribution in [3.63, 3.8) is 0 Å². The van der Waals surface area contributed by atoms with Crippen LogP contribution in [0.15, 0.2) is 47.5 Å². The highest BCUT2D eigenvalue weighted by atomic mass is 16.3. The number of carbonyl (C=O) groups excluding carboxylic acids is 1. The molecule has 2 aromatic heterocycles. The van der Waals surface area contributed by atoms with Gasteiger partial charge in [-0.25, -0.2) is 4.98 Å². The first-order valence-electron chi connectivity index (χ1n) is 7.81. The number of rotatable bonds is 5. The van der Waals surface area contributed by atoms with Gasteiger partial charge in [0.15, 0.2) is 0 Å². The summed E-state index contributed by atoms with van der Waals surface area (Å²) < 4.78 is 5.15. The Labute approximate surface area is 135 Å². The molecule has 6 heteroatoms. The maximum Gasteiger partial charge on any atom is 0.244 e. The first kappa shape index (κ1) is 15.3.